The molecule has 13 nitrogen and oxygen atoms in total. The Labute approximate surface area is 208 Å². The molecule has 1 fully saturated rings. The van der Waals surface area contributed by atoms with Gasteiger partial charge in [-0.3, -0.25) is 9.59 Å². The van der Waals surface area contributed by atoms with Gasteiger partial charge < -0.3 is 54.0 Å². The number of hydrogen-bond acceptors (Lipinski definition) is 13. The van der Waals surface area contributed by atoms with Crippen molar-refractivity contribution >= 4 is 16.9 Å². The lowest BCUT2D eigenvalue weighted by molar-refractivity contribution is -0.272. The molecule has 37 heavy (non-hydrogen) atoms. The highest BCUT2D eigenvalue weighted by Gasteiger charge is 2.46. The van der Waals surface area contributed by atoms with Crippen LogP contribution >= 0.6 is 0 Å². The number of esters is 1. The first-order valence-corrected chi connectivity index (χ1v) is 10.9. The first-order chi connectivity index (χ1) is 17.4. The molecule has 0 spiro atoms. The minimum atomic E-state index is -1.81. The van der Waals surface area contributed by atoms with Crippen molar-refractivity contribution in [3.05, 3.63) is 34.5 Å². The van der Waals surface area contributed by atoms with E-state index in [-0.39, 0.29) is 16.9 Å². The molecule has 1 saturated heterocycles. The van der Waals surface area contributed by atoms with Gasteiger partial charge in [-0.25, -0.2) is 0 Å². The van der Waals surface area contributed by atoms with Gasteiger partial charge in [0.1, 0.15) is 34.7 Å². The molecular weight excluding hydrogens is 496 g/mol. The van der Waals surface area contributed by atoms with Crippen LogP contribution in [0.3, 0.4) is 0 Å². The van der Waals surface area contributed by atoms with Crippen LogP contribution in [0.1, 0.15) is 13.8 Å². The summed E-state index contributed by atoms with van der Waals surface area (Å²) >= 11 is 0. The molecule has 1 aliphatic heterocycles. The molecule has 0 aliphatic carbocycles. The Morgan fingerprint density at radius 2 is 1.59 bits per heavy atom. The van der Waals surface area contributed by atoms with E-state index in [4.69, 9.17) is 23.4 Å². The van der Waals surface area contributed by atoms with Gasteiger partial charge in [0.2, 0.25) is 23.2 Å². The Bertz CT molecular complexity index is 1390. The molecule has 5 unspecified atom stereocenters. The Balaban J connectivity index is 1.87. The second kappa shape index (κ2) is 9.69. The first-order valence-electron chi connectivity index (χ1n) is 10.9. The van der Waals surface area contributed by atoms with Gasteiger partial charge in [-0.05, 0) is 19.1 Å². The Morgan fingerprint density at radius 3 is 2.19 bits per heavy atom. The van der Waals surface area contributed by atoms with Crippen molar-refractivity contribution in [3.63, 3.8) is 0 Å². The van der Waals surface area contributed by atoms with E-state index < -0.39 is 82.0 Å². The molecule has 1 aromatic heterocycles. The van der Waals surface area contributed by atoms with Crippen LogP contribution in [0.2, 0.25) is 0 Å². The highest BCUT2D eigenvalue weighted by molar-refractivity contribution is 5.88. The van der Waals surface area contributed by atoms with Gasteiger partial charge in [-0.15, -0.1) is 0 Å². The van der Waals surface area contributed by atoms with Gasteiger partial charge in [0.25, 0.3) is 0 Å². The summed E-state index contributed by atoms with van der Waals surface area (Å²) in [6.45, 7) is 2.56. The van der Waals surface area contributed by atoms with E-state index in [1.54, 1.807) is 0 Å². The van der Waals surface area contributed by atoms with Crippen LogP contribution in [-0.4, -0.2) is 74.4 Å². The average Bonchev–Trinajstić information content (AvgIpc) is 2.80. The number of methoxy groups -OCH3 is 1. The number of phenols is 4. The number of benzene rings is 2. The van der Waals surface area contributed by atoms with E-state index in [9.17, 15) is 40.2 Å². The summed E-state index contributed by atoms with van der Waals surface area (Å²) < 4.78 is 26.9. The zero-order valence-electron chi connectivity index (χ0n) is 19.7. The number of aliphatic hydroxyl groups is 2. The van der Waals surface area contributed by atoms with Crippen LogP contribution in [0.15, 0.2) is 33.5 Å². The number of fused-ring (bicyclic) bond motifs is 1. The Kier molecular flexibility index (Phi) is 6.78. The fourth-order valence-electron chi connectivity index (χ4n) is 4.08. The molecular formula is C24H24O13. The maximum atomic E-state index is 13.5. The van der Waals surface area contributed by atoms with Crippen LogP contribution < -0.4 is 14.9 Å². The maximum absolute atomic E-state index is 13.5. The summed E-state index contributed by atoms with van der Waals surface area (Å²) in [5.74, 6) is -4.12. The first kappa shape index (κ1) is 25.9. The van der Waals surface area contributed by atoms with Gasteiger partial charge >= 0.3 is 5.97 Å². The number of ether oxygens (including phenoxy) is 4. The van der Waals surface area contributed by atoms with Crippen molar-refractivity contribution in [1.29, 1.82) is 0 Å². The zero-order chi connectivity index (χ0) is 27.2. The normalized spacial score (nSPS) is 23.5. The molecule has 2 aromatic carbocycles. The Hall–Kier alpha value is -4.20. The second-order valence-corrected chi connectivity index (χ2v) is 8.36. The van der Waals surface area contributed by atoms with Gasteiger partial charge in [0.15, 0.2) is 23.4 Å². The molecule has 0 bridgehead atoms. The van der Waals surface area contributed by atoms with E-state index in [0.29, 0.717) is 0 Å². The van der Waals surface area contributed by atoms with Gasteiger partial charge in [0, 0.05) is 24.6 Å². The lowest BCUT2D eigenvalue weighted by Crippen LogP contribution is -2.59. The van der Waals surface area contributed by atoms with Crippen molar-refractivity contribution in [2.45, 2.75) is 44.6 Å². The fraction of sp³-hybridized carbons (Fsp3) is 0.333. The third-order valence-corrected chi connectivity index (χ3v) is 5.75. The standard InChI is InChI=1S/C24H24O13/c1-8-20(35-9(2)25)18(31)19(32)24(34-8)37-23-17(30)16-12(27)6-11(26)7-15(16)36-21(23)10-4-13(28)22(33-3)14(29)5-10/h4-8,18-20,24,26-29,31-32H,1-3H3. The maximum Gasteiger partial charge on any atom is 0.303 e. The van der Waals surface area contributed by atoms with Crippen LogP contribution in [0.25, 0.3) is 22.3 Å². The number of rotatable bonds is 5. The monoisotopic (exact) mass is 520 g/mol. The average molecular weight is 520 g/mol. The van der Waals surface area contributed by atoms with E-state index in [2.05, 4.69) is 0 Å². The SMILES string of the molecule is COc1c(O)cc(-c2oc3cc(O)cc(O)c3c(=O)c2OC2OC(C)C(OC(C)=O)C(O)C2O)cc1O. The van der Waals surface area contributed by atoms with E-state index in [1.165, 1.54) is 14.0 Å². The lowest BCUT2D eigenvalue weighted by atomic mass is 9.99. The number of aromatic hydroxyl groups is 4. The molecule has 2 heterocycles. The molecule has 0 amide bonds. The highest BCUT2D eigenvalue weighted by Crippen LogP contribution is 2.43. The summed E-state index contributed by atoms with van der Waals surface area (Å²) in [6.07, 6.45) is -7.37. The van der Waals surface area contributed by atoms with Crippen molar-refractivity contribution in [2.75, 3.05) is 7.11 Å². The summed E-state index contributed by atoms with van der Waals surface area (Å²) in [5, 5.41) is 61.4. The molecule has 3 aromatic rings. The van der Waals surface area contributed by atoms with Crippen molar-refractivity contribution < 1.29 is 58.8 Å². The van der Waals surface area contributed by atoms with Gasteiger partial charge in [-0.1, -0.05) is 0 Å². The summed E-state index contributed by atoms with van der Waals surface area (Å²) in [7, 11) is 1.21. The molecule has 0 saturated carbocycles. The topological polar surface area (TPSA) is 206 Å². The molecule has 4 rings (SSSR count). The summed E-state index contributed by atoms with van der Waals surface area (Å²) in [6, 6.07) is 4.12. The molecule has 198 valence electrons. The van der Waals surface area contributed by atoms with Gasteiger partial charge in [0.05, 0.1) is 13.2 Å². The summed E-state index contributed by atoms with van der Waals surface area (Å²) in [5.41, 5.74) is -1.33. The van der Waals surface area contributed by atoms with Crippen LogP contribution in [-0.2, 0) is 14.3 Å². The zero-order valence-corrected chi connectivity index (χ0v) is 19.7. The quantitative estimate of drug-likeness (QED) is 0.261. The van der Waals surface area contributed by atoms with Crippen LogP contribution in [0.4, 0.5) is 0 Å². The largest absolute Gasteiger partial charge is 0.508 e. The molecule has 6 N–H and O–H groups in total. The molecule has 1 aliphatic rings. The predicted octanol–water partition coefficient (Wildman–Crippen LogP) is 1.07. The Morgan fingerprint density at radius 1 is 0.946 bits per heavy atom. The number of hydrogen-bond donors (Lipinski definition) is 6. The minimum absolute atomic E-state index is 0.0932. The molecule has 0 radical (unpaired) electrons. The van der Waals surface area contributed by atoms with Crippen molar-refractivity contribution in [3.8, 4) is 45.8 Å². The molecule has 13 heteroatoms. The fourth-order valence-corrected chi connectivity index (χ4v) is 4.08. The number of phenolic OH excluding ortho intramolecular Hbond substituents is 4. The van der Waals surface area contributed by atoms with E-state index in [1.807, 2.05) is 0 Å². The molecule has 5 atom stereocenters. The van der Waals surface area contributed by atoms with E-state index in [0.717, 1.165) is 31.2 Å². The van der Waals surface area contributed by atoms with E-state index >= 15 is 0 Å². The van der Waals surface area contributed by atoms with Crippen LogP contribution in [0, 0.1) is 0 Å². The summed E-state index contributed by atoms with van der Waals surface area (Å²) in [4.78, 5) is 24.8. The highest BCUT2D eigenvalue weighted by atomic mass is 16.7. The van der Waals surface area contributed by atoms with Crippen LogP contribution in [0.5, 0.6) is 34.5 Å². The van der Waals surface area contributed by atoms with Crippen molar-refractivity contribution in [2.24, 2.45) is 0 Å². The number of carbonyl (C=O) groups is 1. The third-order valence-electron chi connectivity index (χ3n) is 5.75. The smallest absolute Gasteiger partial charge is 0.303 e. The number of carbonyl (C=O) groups excluding carboxylic acids is 1. The predicted molar refractivity (Wildman–Crippen MR) is 124 cm³/mol. The second-order valence-electron chi connectivity index (χ2n) is 8.36. The number of aliphatic hydroxyl groups excluding tert-OH is 2. The lowest BCUT2D eigenvalue weighted by Gasteiger charge is -2.40. The minimum Gasteiger partial charge on any atom is -0.508 e. The third kappa shape index (κ3) is 4.67. The van der Waals surface area contributed by atoms with Gasteiger partial charge in [-0.2, -0.15) is 0 Å². The van der Waals surface area contributed by atoms with Crippen molar-refractivity contribution in [1.82, 2.24) is 0 Å².